The molecule has 4 rings (SSSR count). The van der Waals surface area contributed by atoms with E-state index in [1.165, 1.54) is 0 Å². The van der Waals surface area contributed by atoms with Gasteiger partial charge < -0.3 is 19.4 Å². The molecule has 1 fully saturated rings. The normalized spacial score (nSPS) is 16.2. The number of morpholine rings is 1. The molecule has 1 N–H and O–H groups in total. The molecule has 0 saturated carbocycles. The molecule has 3 aromatic heterocycles. The van der Waals surface area contributed by atoms with Crippen LogP contribution in [0.1, 0.15) is 44.4 Å². The fourth-order valence-corrected chi connectivity index (χ4v) is 3.49. The number of carbonyl (C=O) groups excluding carboxylic acids is 2. The first-order valence-corrected chi connectivity index (χ1v) is 9.96. The van der Waals surface area contributed by atoms with E-state index < -0.39 is 0 Å². The SMILES string of the molecule is CNC(=O)c1ccc(-c2cccc(C3CN(C(=O)c4oc(C)nc4C)CCO3)n2)cn1. The number of oxazole rings is 1. The summed E-state index contributed by atoms with van der Waals surface area (Å²) in [5.74, 6) is 0.292. The number of nitrogens with zero attached hydrogens (tertiary/aromatic N) is 4. The van der Waals surface area contributed by atoms with Crippen LogP contribution in [-0.4, -0.2) is 58.4 Å². The quantitative estimate of drug-likeness (QED) is 0.688. The smallest absolute Gasteiger partial charge is 0.291 e. The zero-order chi connectivity index (χ0) is 22.0. The average Bonchev–Trinajstić information content (AvgIpc) is 3.16. The van der Waals surface area contributed by atoms with Gasteiger partial charge in [0, 0.05) is 32.3 Å². The third kappa shape index (κ3) is 4.31. The van der Waals surface area contributed by atoms with Gasteiger partial charge in [-0.2, -0.15) is 0 Å². The summed E-state index contributed by atoms with van der Waals surface area (Å²) in [7, 11) is 1.56. The van der Waals surface area contributed by atoms with Gasteiger partial charge in [0.2, 0.25) is 5.76 Å². The van der Waals surface area contributed by atoms with Gasteiger partial charge in [0.05, 0.1) is 30.2 Å². The second-order valence-corrected chi connectivity index (χ2v) is 7.22. The van der Waals surface area contributed by atoms with Crippen molar-refractivity contribution in [1.29, 1.82) is 0 Å². The molecule has 1 aliphatic rings. The molecule has 0 aliphatic carbocycles. The van der Waals surface area contributed by atoms with E-state index in [1.807, 2.05) is 18.2 Å². The third-order valence-corrected chi connectivity index (χ3v) is 5.07. The highest BCUT2D eigenvalue weighted by Crippen LogP contribution is 2.25. The van der Waals surface area contributed by atoms with Crippen molar-refractivity contribution in [1.82, 2.24) is 25.2 Å². The maximum Gasteiger partial charge on any atom is 0.291 e. The lowest BCUT2D eigenvalue weighted by Gasteiger charge is -2.32. The largest absolute Gasteiger partial charge is 0.436 e. The molecule has 160 valence electrons. The van der Waals surface area contributed by atoms with Gasteiger partial charge in [-0.1, -0.05) is 6.07 Å². The number of hydrogen-bond acceptors (Lipinski definition) is 7. The summed E-state index contributed by atoms with van der Waals surface area (Å²) in [6.07, 6.45) is 1.25. The highest BCUT2D eigenvalue weighted by molar-refractivity contribution is 5.93. The Morgan fingerprint density at radius 3 is 2.68 bits per heavy atom. The van der Waals surface area contributed by atoms with Gasteiger partial charge in [0.15, 0.2) is 5.89 Å². The number of aromatic nitrogens is 3. The van der Waals surface area contributed by atoms with E-state index in [0.29, 0.717) is 42.7 Å². The van der Waals surface area contributed by atoms with Gasteiger partial charge in [-0.05, 0) is 31.2 Å². The van der Waals surface area contributed by atoms with Crippen molar-refractivity contribution >= 4 is 11.8 Å². The molecule has 1 atom stereocenters. The van der Waals surface area contributed by atoms with Crippen LogP contribution < -0.4 is 5.32 Å². The molecule has 9 nitrogen and oxygen atoms in total. The van der Waals surface area contributed by atoms with Crippen LogP contribution in [0, 0.1) is 13.8 Å². The summed E-state index contributed by atoms with van der Waals surface area (Å²) in [6, 6.07) is 9.08. The number of nitrogens with one attached hydrogen (secondary N) is 1. The molecular weight excluding hydrogens is 398 g/mol. The minimum atomic E-state index is -0.361. The molecule has 9 heteroatoms. The molecule has 0 radical (unpaired) electrons. The number of rotatable bonds is 4. The van der Waals surface area contributed by atoms with Gasteiger partial charge in [0.1, 0.15) is 11.8 Å². The van der Waals surface area contributed by atoms with Gasteiger partial charge in [-0.15, -0.1) is 0 Å². The van der Waals surface area contributed by atoms with E-state index >= 15 is 0 Å². The summed E-state index contributed by atoms with van der Waals surface area (Å²) in [4.78, 5) is 39.4. The summed E-state index contributed by atoms with van der Waals surface area (Å²) < 4.78 is 11.4. The van der Waals surface area contributed by atoms with E-state index in [9.17, 15) is 9.59 Å². The molecule has 1 aliphatic heterocycles. The van der Waals surface area contributed by atoms with Crippen LogP contribution in [0.4, 0.5) is 0 Å². The molecule has 2 amide bonds. The predicted molar refractivity (Wildman–Crippen MR) is 111 cm³/mol. The number of hydrogen-bond donors (Lipinski definition) is 1. The van der Waals surface area contributed by atoms with E-state index in [-0.39, 0.29) is 23.7 Å². The maximum atomic E-state index is 12.9. The standard InChI is InChI=1S/C22H23N5O4/c1-13-20(31-14(2)25-13)22(29)27-9-10-30-19(12-27)17-6-4-5-16(26-17)15-7-8-18(24-11-15)21(28)23-3/h4-8,11,19H,9-10,12H2,1-3H3,(H,23,28). The molecule has 0 aromatic carbocycles. The first kappa shape index (κ1) is 20.7. The van der Waals surface area contributed by atoms with Crippen molar-refractivity contribution in [3.05, 3.63) is 65.3 Å². The lowest BCUT2D eigenvalue weighted by atomic mass is 10.1. The van der Waals surface area contributed by atoms with Crippen LogP contribution in [0.25, 0.3) is 11.3 Å². The molecule has 4 heterocycles. The molecule has 1 saturated heterocycles. The fourth-order valence-electron chi connectivity index (χ4n) is 3.49. The van der Waals surface area contributed by atoms with Crippen molar-refractivity contribution in [2.75, 3.05) is 26.7 Å². The Bertz CT molecular complexity index is 1110. The Labute approximate surface area is 179 Å². The van der Waals surface area contributed by atoms with Crippen molar-refractivity contribution in [2.24, 2.45) is 0 Å². The lowest BCUT2D eigenvalue weighted by Crippen LogP contribution is -2.42. The minimum Gasteiger partial charge on any atom is -0.436 e. The third-order valence-electron chi connectivity index (χ3n) is 5.07. The van der Waals surface area contributed by atoms with Gasteiger partial charge >= 0.3 is 0 Å². The maximum absolute atomic E-state index is 12.9. The Kier molecular flexibility index (Phi) is 5.77. The lowest BCUT2D eigenvalue weighted by molar-refractivity contribution is -0.0256. The Morgan fingerprint density at radius 2 is 2.00 bits per heavy atom. The van der Waals surface area contributed by atoms with Crippen molar-refractivity contribution in [2.45, 2.75) is 20.0 Å². The highest BCUT2D eigenvalue weighted by atomic mass is 16.5. The van der Waals surface area contributed by atoms with Crippen LogP contribution >= 0.6 is 0 Å². The van der Waals surface area contributed by atoms with Crippen LogP contribution in [0.3, 0.4) is 0 Å². The number of pyridine rings is 2. The van der Waals surface area contributed by atoms with E-state index in [4.69, 9.17) is 14.1 Å². The number of aryl methyl sites for hydroxylation is 2. The summed E-state index contributed by atoms with van der Waals surface area (Å²) >= 11 is 0. The molecule has 0 spiro atoms. The van der Waals surface area contributed by atoms with E-state index in [2.05, 4.69) is 15.3 Å². The van der Waals surface area contributed by atoms with Gasteiger partial charge in [-0.3, -0.25) is 14.6 Å². The van der Waals surface area contributed by atoms with E-state index in [1.54, 1.807) is 44.1 Å². The summed E-state index contributed by atoms with van der Waals surface area (Å²) in [5, 5.41) is 2.55. The minimum absolute atomic E-state index is 0.198. The van der Waals surface area contributed by atoms with Crippen molar-refractivity contribution < 1.29 is 18.7 Å². The van der Waals surface area contributed by atoms with Crippen LogP contribution in [0.15, 0.2) is 40.9 Å². The molecular formula is C22H23N5O4. The number of amides is 2. The topological polar surface area (TPSA) is 110 Å². The van der Waals surface area contributed by atoms with Crippen LogP contribution in [0.5, 0.6) is 0 Å². The Morgan fingerprint density at radius 1 is 1.16 bits per heavy atom. The zero-order valence-electron chi connectivity index (χ0n) is 17.6. The van der Waals surface area contributed by atoms with Crippen LogP contribution in [0.2, 0.25) is 0 Å². The summed E-state index contributed by atoms with van der Waals surface area (Å²) in [6.45, 7) is 4.71. The number of ether oxygens (including phenoxy) is 1. The number of carbonyl (C=O) groups is 2. The van der Waals surface area contributed by atoms with E-state index in [0.717, 1.165) is 11.3 Å². The van der Waals surface area contributed by atoms with Crippen molar-refractivity contribution in [3.8, 4) is 11.3 Å². The molecule has 1 unspecified atom stereocenters. The van der Waals surface area contributed by atoms with Crippen LogP contribution in [-0.2, 0) is 4.74 Å². The average molecular weight is 421 g/mol. The van der Waals surface area contributed by atoms with Crippen molar-refractivity contribution in [3.63, 3.8) is 0 Å². The molecule has 31 heavy (non-hydrogen) atoms. The first-order valence-electron chi connectivity index (χ1n) is 9.96. The van der Waals surface area contributed by atoms with Gasteiger partial charge in [0.25, 0.3) is 11.8 Å². The monoisotopic (exact) mass is 421 g/mol. The fraction of sp³-hybridized carbons (Fsp3) is 0.318. The predicted octanol–water partition coefficient (Wildman–Crippen LogP) is 2.32. The second kappa shape index (κ2) is 8.65. The highest BCUT2D eigenvalue weighted by Gasteiger charge is 2.30. The Hall–Kier alpha value is -3.59. The summed E-state index contributed by atoms with van der Waals surface area (Å²) in [5.41, 5.74) is 3.13. The molecule has 3 aromatic rings. The second-order valence-electron chi connectivity index (χ2n) is 7.22. The first-order chi connectivity index (χ1) is 15.0. The molecule has 0 bridgehead atoms. The zero-order valence-corrected chi connectivity index (χ0v) is 17.6. The Balaban J connectivity index is 1.52. The van der Waals surface area contributed by atoms with Gasteiger partial charge in [-0.25, -0.2) is 9.97 Å².